The zero-order chi connectivity index (χ0) is 12.4. The van der Waals surface area contributed by atoms with E-state index in [-0.39, 0.29) is 11.8 Å². The molecule has 2 rings (SSSR count). The van der Waals surface area contributed by atoms with E-state index in [1.807, 2.05) is 13.0 Å². The maximum Gasteiger partial charge on any atom is 0.228 e. The molecule has 0 aliphatic carbocycles. The number of amides is 1. The van der Waals surface area contributed by atoms with Gasteiger partial charge in [-0.05, 0) is 31.5 Å². The molecular formula is C12H14Cl2N2O. The maximum absolute atomic E-state index is 12.0. The van der Waals surface area contributed by atoms with Crippen molar-refractivity contribution in [1.82, 2.24) is 5.32 Å². The predicted octanol–water partition coefficient (Wildman–Crippen LogP) is 2.85. The maximum atomic E-state index is 12.0. The van der Waals surface area contributed by atoms with E-state index < -0.39 is 0 Å². The Morgan fingerprint density at radius 2 is 2.24 bits per heavy atom. The van der Waals surface area contributed by atoms with Crippen LogP contribution in [0.2, 0.25) is 10.0 Å². The fourth-order valence-corrected chi connectivity index (χ4v) is 2.34. The molecule has 1 heterocycles. The molecule has 3 nitrogen and oxygen atoms in total. The zero-order valence-corrected chi connectivity index (χ0v) is 11.0. The van der Waals surface area contributed by atoms with Gasteiger partial charge in [0.15, 0.2) is 0 Å². The minimum atomic E-state index is -0.0237. The smallest absolute Gasteiger partial charge is 0.228 e. The van der Waals surface area contributed by atoms with Crippen LogP contribution in [0.3, 0.4) is 0 Å². The summed E-state index contributed by atoms with van der Waals surface area (Å²) in [6, 6.07) is 3.57. The Morgan fingerprint density at radius 1 is 1.47 bits per heavy atom. The van der Waals surface area contributed by atoms with Crippen LogP contribution in [0, 0.1) is 12.8 Å². The minimum absolute atomic E-state index is 0.00245. The number of carbonyl (C=O) groups excluding carboxylic acids is 1. The van der Waals surface area contributed by atoms with Gasteiger partial charge in [0.1, 0.15) is 0 Å². The van der Waals surface area contributed by atoms with E-state index in [1.54, 1.807) is 6.07 Å². The molecule has 17 heavy (non-hydrogen) atoms. The monoisotopic (exact) mass is 272 g/mol. The van der Waals surface area contributed by atoms with Gasteiger partial charge in [-0.3, -0.25) is 4.79 Å². The molecule has 1 atom stereocenters. The molecule has 1 aromatic rings. The lowest BCUT2D eigenvalue weighted by Crippen LogP contribution is -2.25. The number of anilines is 1. The molecule has 5 heteroatoms. The van der Waals surface area contributed by atoms with Crippen molar-refractivity contribution in [3.05, 3.63) is 27.7 Å². The lowest BCUT2D eigenvalue weighted by Gasteiger charge is -2.13. The molecule has 92 valence electrons. The van der Waals surface area contributed by atoms with Gasteiger partial charge in [0.25, 0.3) is 0 Å². The molecule has 1 aromatic carbocycles. The highest BCUT2D eigenvalue weighted by molar-refractivity contribution is 6.40. The Labute approximate surface area is 110 Å². The van der Waals surface area contributed by atoms with Gasteiger partial charge in [0.05, 0.1) is 21.7 Å². The number of hydrogen-bond donors (Lipinski definition) is 2. The van der Waals surface area contributed by atoms with Gasteiger partial charge < -0.3 is 10.6 Å². The first-order valence-corrected chi connectivity index (χ1v) is 6.31. The third-order valence-corrected chi connectivity index (χ3v) is 3.77. The summed E-state index contributed by atoms with van der Waals surface area (Å²) in [5, 5.41) is 6.95. The normalized spacial score (nSPS) is 19.4. The lowest BCUT2D eigenvalue weighted by molar-refractivity contribution is -0.119. The summed E-state index contributed by atoms with van der Waals surface area (Å²) in [7, 11) is 0. The average Bonchev–Trinajstić information content (AvgIpc) is 2.83. The number of hydrogen-bond acceptors (Lipinski definition) is 2. The van der Waals surface area contributed by atoms with Crippen LogP contribution in [0.1, 0.15) is 12.0 Å². The van der Waals surface area contributed by atoms with Gasteiger partial charge >= 0.3 is 0 Å². The van der Waals surface area contributed by atoms with E-state index in [2.05, 4.69) is 10.6 Å². The first-order chi connectivity index (χ1) is 8.09. The fourth-order valence-electron chi connectivity index (χ4n) is 1.87. The van der Waals surface area contributed by atoms with E-state index in [1.165, 1.54) is 0 Å². The number of aryl methyl sites for hydroxylation is 1. The molecule has 1 unspecified atom stereocenters. The molecular weight excluding hydrogens is 259 g/mol. The van der Waals surface area contributed by atoms with Crippen LogP contribution in [-0.4, -0.2) is 19.0 Å². The summed E-state index contributed by atoms with van der Waals surface area (Å²) in [6.45, 7) is 3.48. The van der Waals surface area contributed by atoms with Crippen molar-refractivity contribution >= 4 is 34.8 Å². The first-order valence-electron chi connectivity index (χ1n) is 5.56. The van der Waals surface area contributed by atoms with Crippen LogP contribution in [0.5, 0.6) is 0 Å². The zero-order valence-electron chi connectivity index (χ0n) is 9.52. The number of halogens is 2. The summed E-state index contributed by atoms with van der Waals surface area (Å²) in [6.07, 6.45) is 0.854. The van der Waals surface area contributed by atoms with Crippen LogP contribution >= 0.6 is 23.2 Å². The lowest BCUT2D eigenvalue weighted by atomic mass is 10.1. The third kappa shape index (κ3) is 2.73. The number of benzene rings is 1. The molecule has 0 radical (unpaired) electrons. The fraction of sp³-hybridized carbons (Fsp3) is 0.417. The highest BCUT2D eigenvalue weighted by atomic mass is 35.5. The number of carbonyl (C=O) groups is 1. The van der Waals surface area contributed by atoms with Crippen LogP contribution in [0.4, 0.5) is 5.69 Å². The number of nitrogens with one attached hydrogen (secondary N) is 2. The first kappa shape index (κ1) is 12.7. The molecule has 0 bridgehead atoms. The van der Waals surface area contributed by atoms with Gasteiger partial charge in [0, 0.05) is 6.54 Å². The summed E-state index contributed by atoms with van der Waals surface area (Å²) in [5.74, 6) is -0.0213. The van der Waals surface area contributed by atoms with E-state index in [0.29, 0.717) is 22.3 Å². The molecule has 1 aliphatic rings. The van der Waals surface area contributed by atoms with Crippen molar-refractivity contribution in [2.45, 2.75) is 13.3 Å². The minimum Gasteiger partial charge on any atom is -0.323 e. The molecule has 1 aliphatic heterocycles. The van der Waals surface area contributed by atoms with E-state index in [0.717, 1.165) is 18.5 Å². The molecule has 0 spiro atoms. The van der Waals surface area contributed by atoms with Crippen molar-refractivity contribution in [3.63, 3.8) is 0 Å². The van der Waals surface area contributed by atoms with Gasteiger partial charge in [-0.25, -0.2) is 0 Å². The van der Waals surface area contributed by atoms with E-state index in [9.17, 15) is 4.79 Å². The van der Waals surface area contributed by atoms with Crippen LogP contribution < -0.4 is 10.6 Å². The second-order valence-electron chi connectivity index (χ2n) is 4.23. The molecule has 1 fully saturated rings. The van der Waals surface area contributed by atoms with Crippen molar-refractivity contribution in [2.75, 3.05) is 18.4 Å². The van der Waals surface area contributed by atoms with Gasteiger partial charge in [-0.2, -0.15) is 0 Å². The Hall–Kier alpha value is -0.770. The average molecular weight is 273 g/mol. The Bertz CT molecular complexity index is 442. The SMILES string of the molecule is Cc1ccc(Cl)c(NC(=O)C2CCNC2)c1Cl. The molecule has 0 saturated carbocycles. The summed E-state index contributed by atoms with van der Waals surface area (Å²) < 4.78 is 0. The summed E-state index contributed by atoms with van der Waals surface area (Å²) in [5.41, 5.74) is 1.42. The Morgan fingerprint density at radius 3 is 2.88 bits per heavy atom. The van der Waals surface area contributed by atoms with Crippen molar-refractivity contribution in [3.8, 4) is 0 Å². The number of rotatable bonds is 2. The van der Waals surface area contributed by atoms with Crippen molar-refractivity contribution < 1.29 is 4.79 Å². The van der Waals surface area contributed by atoms with Gasteiger partial charge in [-0.15, -0.1) is 0 Å². The highest BCUT2D eigenvalue weighted by Gasteiger charge is 2.23. The van der Waals surface area contributed by atoms with E-state index >= 15 is 0 Å². The second kappa shape index (κ2) is 5.25. The van der Waals surface area contributed by atoms with Crippen molar-refractivity contribution in [2.24, 2.45) is 5.92 Å². The third-order valence-electron chi connectivity index (χ3n) is 2.96. The summed E-state index contributed by atoms with van der Waals surface area (Å²) >= 11 is 12.2. The van der Waals surface area contributed by atoms with Gasteiger partial charge in [-0.1, -0.05) is 29.3 Å². The van der Waals surface area contributed by atoms with E-state index in [4.69, 9.17) is 23.2 Å². The Kier molecular flexibility index (Phi) is 3.92. The van der Waals surface area contributed by atoms with Crippen LogP contribution in [0.25, 0.3) is 0 Å². The predicted molar refractivity (Wildman–Crippen MR) is 70.8 cm³/mol. The topological polar surface area (TPSA) is 41.1 Å². The van der Waals surface area contributed by atoms with Crippen molar-refractivity contribution in [1.29, 1.82) is 0 Å². The largest absolute Gasteiger partial charge is 0.323 e. The second-order valence-corrected chi connectivity index (χ2v) is 5.02. The standard InChI is InChI=1S/C12H14Cl2N2O/c1-7-2-3-9(13)11(10(7)14)16-12(17)8-4-5-15-6-8/h2-3,8,15H,4-6H2,1H3,(H,16,17). The Balaban J connectivity index is 2.17. The van der Waals surface area contributed by atoms with Gasteiger partial charge in [0.2, 0.25) is 5.91 Å². The molecule has 1 amide bonds. The highest BCUT2D eigenvalue weighted by Crippen LogP contribution is 2.33. The van der Waals surface area contributed by atoms with Crippen LogP contribution in [0.15, 0.2) is 12.1 Å². The molecule has 0 aromatic heterocycles. The quantitative estimate of drug-likeness (QED) is 0.870. The summed E-state index contributed by atoms with van der Waals surface area (Å²) in [4.78, 5) is 12.0. The molecule has 2 N–H and O–H groups in total. The van der Waals surface area contributed by atoms with Crippen LogP contribution in [-0.2, 0) is 4.79 Å². The molecule has 1 saturated heterocycles.